The lowest BCUT2D eigenvalue weighted by Gasteiger charge is -2.13. The highest BCUT2D eigenvalue weighted by Gasteiger charge is 2.19. The number of halogens is 1. The van der Waals surface area contributed by atoms with Crippen LogP contribution in [0.5, 0.6) is 0 Å². The molecule has 0 fully saturated rings. The summed E-state index contributed by atoms with van der Waals surface area (Å²) in [5.41, 5.74) is 0.725. The molecule has 0 amide bonds. The molecule has 16 heavy (non-hydrogen) atoms. The molecule has 0 aliphatic rings. The summed E-state index contributed by atoms with van der Waals surface area (Å²) in [6, 6.07) is 6.12. The first-order valence-corrected chi connectivity index (χ1v) is 5.19. The first-order chi connectivity index (χ1) is 7.47. The van der Waals surface area contributed by atoms with Crippen LogP contribution in [0.2, 0.25) is 0 Å². The van der Waals surface area contributed by atoms with Gasteiger partial charge in [0.2, 0.25) is 5.89 Å². The largest absolute Gasteiger partial charge is 0.441 e. The van der Waals surface area contributed by atoms with E-state index in [0.717, 1.165) is 11.3 Å². The number of nitrogens with zero attached hydrogens (tertiary/aromatic N) is 1. The van der Waals surface area contributed by atoms with E-state index in [0.29, 0.717) is 5.89 Å². The fraction of sp³-hybridized carbons (Fsp3) is 0.308. The van der Waals surface area contributed by atoms with Crippen LogP contribution in [0.4, 0.5) is 4.39 Å². The van der Waals surface area contributed by atoms with Gasteiger partial charge in [-0.25, -0.2) is 9.37 Å². The molecule has 0 saturated carbocycles. The number of hydrogen-bond donors (Lipinski definition) is 0. The van der Waals surface area contributed by atoms with Gasteiger partial charge in [-0.2, -0.15) is 0 Å². The van der Waals surface area contributed by atoms with Gasteiger partial charge in [-0.1, -0.05) is 20.8 Å². The Morgan fingerprint density at radius 2 is 1.75 bits per heavy atom. The first-order valence-electron chi connectivity index (χ1n) is 5.19. The highest BCUT2D eigenvalue weighted by Crippen LogP contribution is 2.27. The molecule has 0 bridgehead atoms. The Kier molecular flexibility index (Phi) is 2.54. The van der Waals surface area contributed by atoms with Crippen LogP contribution in [0.25, 0.3) is 11.5 Å². The minimum atomic E-state index is -0.258. The molecular weight excluding hydrogens is 205 g/mol. The van der Waals surface area contributed by atoms with Crippen molar-refractivity contribution in [3.05, 3.63) is 42.0 Å². The van der Waals surface area contributed by atoms with Gasteiger partial charge in [0, 0.05) is 11.0 Å². The smallest absolute Gasteiger partial charge is 0.226 e. The van der Waals surface area contributed by atoms with Gasteiger partial charge in [-0.15, -0.1) is 0 Å². The molecule has 1 heterocycles. The van der Waals surface area contributed by atoms with Crippen molar-refractivity contribution in [1.29, 1.82) is 0 Å². The molecule has 2 rings (SSSR count). The molecule has 2 nitrogen and oxygen atoms in total. The molecule has 1 aromatic heterocycles. The Balaban J connectivity index is 2.35. The standard InChI is InChI=1S/C13H14FNO/c1-13(2,3)11-8-15-12(16-11)9-4-6-10(14)7-5-9/h4-8H,1-3H3. The van der Waals surface area contributed by atoms with Crippen molar-refractivity contribution in [2.75, 3.05) is 0 Å². The van der Waals surface area contributed by atoms with E-state index < -0.39 is 0 Å². The van der Waals surface area contributed by atoms with Crippen molar-refractivity contribution < 1.29 is 8.81 Å². The maximum atomic E-state index is 12.7. The van der Waals surface area contributed by atoms with Gasteiger partial charge < -0.3 is 4.42 Å². The fourth-order valence-electron chi connectivity index (χ4n) is 1.35. The summed E-state index contributed by atoms with van der Waals surface area (Å²) in [4.78, 5) is 4.19. The van der Waals surface area contributed by atoms with Crippen LogP contribution in [0.3, 0.4) is 0 Å². The van der Waals surface area contributed by atoms with Crippen LogP contribution in [-0.2, 0) is 5.41 Å². The average molecular weight is 219 g/mol. The SMILES string of the molecule is CC(C)(C)c1cnc(-c2ccc(F)cc2)o1. The molecule has 84 valence electrons. The van der Waals surface area contributed by atoms with Gasteiger partial charge in [0.15, 0.2) is 0 Å². The second-order valence-electron chi connectivity index (χ2n) is 4.79. The maximum Gasteiger partial charge on any atom is 0.226 e. The minimum Gasteiger partial charge on any atom is -0.441 e. The third-order valence-corrected chi connectivity index (χ3v) is 2.34. The highest BCUT2D eigenvalue weighted by atomic mass is 19.1. The van der Waals surface area contributed by atoms with Gasteiger partial charge in [0.25, 0.3) is 0 Å². The number of oxazole rings is 1. The topological polar surface area (TPSA) is 26.0 Å². The third kappa shape index (κ3) is 2.13. The van der Waals surface area contributed by atoms with E-state index in [2.05, 4.69) is 25.8 Å². The predicted molar refractivity (Wildman–Crippen MR) is 60.6 cm³/mol. The van der Waals surface area contributed by atoms with E-state index in [-0.39, 0.29) is 11.2 Å². The van der Waals surface area contributed by atoms with Gasteiger partial charge in [-0.05, 0) is 24.3 Å². The second kappa shape index (κ2) is 3.74. The van der Waals surface area contributed by atoms with Gasteiger partial charge in [-0.3, -0.25) is 0 Å². The van der Waals surface area contributed by atoms with Crippen molar-refractivity contribution >= 4 is 0 Å². The van der Waals surface area contributed by atoms with Gasteiger partial charge in [0.1, 0.15) is 11.6 Å². The lowest BCUT2D eigenvalue weighted by molar-refractivity contribution is 0.415. The summed E-state index contributed by atoms with van der Waals surface area (Å²) >= 11 is 0. The van der Waals surface area contributed by atoms with Crippen molar-refractivity contribution in [3.63, 3.8) is 0 Å². The van der Waals surface area contributed by atoms with Gasteiger partial charge >= 0.3 is 0 Å². The van der Waals surface area contributed by atoms with E-state index >= 15 is 0 Å². The predicted octanol–water partition coefficient (Wildman–Crippen LogP) is 3.78. The van der Waals surface area contributed by atoms with Crippen LogP contribution < -0.4 is 0 Å². The van der Waals surface area contributed by atoms with E-state index in [1.54, 1.807) is 18.3 Å². The van der Waals surface area contributed by atoms with Crippen LogP contribution in [-0.4, -0.2) is 4.98 Å². The molecule has 0 aliphatic carbocycles. The molecule has 0 spiro atoms. The van der Waals surface area contributed by atoms with E-state index in [1.165, 1.54) is 12.1 Å². The number of aromatic nitrogens is 1. The molecular formula is C13H14FNO. The summed E-state index contributed by atoms with van der Waals surface area (Å²) in [6.45, 7) is 6.17. The lowest BCUT2D eigenvalue weighted by atomic mass is 9.94. The molecule has 0 radical (unpaired) electrons. The zero-order valence-corrected chi connectivity index (χ0v) is 9.62. The lowest BCUT2D eigenvalue weighted by Crippen LogP contribution is -2.09. The van der Waals surface area contributed by atoms with E-state index in [9.17, 15) is 4.39 Å². The Hall–Kier alpha value is -1.64. The van der Waals surface area contributed by atoms with Crippen LogP contribution in [0, 0.1) is 5.82 Å². The zero-order valence-electron chi connectivity index (χ0n) is 9.62. The number of hydrogen-bond acceptors (Lipinski definition) is 2. The molecule has 0 aliphatic heterocycles. The van der Waals surface area contributed by atoms with Crippen LogP contribution in [0.1, 0.15) is 26.5 Å². The highest BCUT2D eigenvalue weighted by molar-refractivity contribution is 5.52. The van der Waals surface area contributed by atoms with E-state index in [4.69, 9.17) is 4.42 Å². The summed E-state index contributed by atoms with van der Waals surface area (Å²) in [5.74, 6) is 1.10. The molecule has 0 saturated heterocycles. The Morgan fingerprint density at radius 1 is 1.12 bits per heavy atom. The third-order valence-electron chi connectivity index (χ3n) is 2.34. The molecule has 2 aromatic rings. The maximum absolute atomic E-state index is 12.7. The molecule has 3 heteroatoms. The summed E-state index contributed by atoms with van der Waals surface area (Å²) < 4.78 is 18.4. The van der Waals surface area contributed by atoms with Crippen molar-refractivity contribution in [2.24, 2.45) is 0 Å². The second-order valence-corrected chi connectivity index (χ2v) is 4.79. The average Bonchev–Trinajstić information content (AvgIpc) is 2.67. The number of rotatable bonds is 1. The monoisotopic (exact) mass is 219 g/mol. The van der Waals surface area contributed by atoms with Crippen molar-refractivity contribution in [1.82, 2.24) is 4.98 Å². The first kappa shape index (κ1) is 10.9. The molecule has 0 unspecified atom stereocenters. The number of benzene rings is 1. The Labute approximate surface area is 94.1 Å². The quantitative estimate of drug-likeness (QED) is 0.729. The Morgan fingerprint density at radius 3 is 2.25 bits per heavy atom. The van der Waals surface area contributed by atoms with Crippen LogP contribution >= 0.6 is 0 Å². The summed E-state index contributed by atoms with van der Waals surface area (Å²) in [5, 5.41) is 0. The fourth-order valence-corrected chi connectivity index (χ4v) is 1.35. The molecule has 0 atom stereocenters. The summed E-state index contributed by atoms with van der Waals surface area (Å²) in [7, 11) is 0. The van der Waals surface area contributed by atoms with Crippen LogP contribution in [0.15, 0.2) is 34.9 Å². The summed E-state index contributed by atoms with van der Waals surface area (Å²) in [6.07, 6.45) is 1.72. The molecule has 0 N–H and O–H groups in total. The van der Waals surface area contributed by atoms with Gasteiger partial charge in [0.05, 0.1) is 6.20 Å². The molecule has 1 aromatic carbocycles. The van der Waals surface area contributed by atoms with E-state index in [1.807, 2.05) is 0 Å². The minimum absolute atomic E-state index is 0.0642. The normalized spacial score (nSPS) is 11.8. The Bertz CT molecular complexity index is 479. The zero-order chi connectivity index (χ0) is 11.8. The van der Waals surface area contributed by atoms with Crippen molar-refractivity contribution in [3.8, 4) is 11.5 Å². The van der Waals surface area contributed by atoms with Crippen molar-refractivity contribution in [2.45, 2.75) is 26.2 Å².